The average molecular weight is 189 g/mol. The summed E-state index contributed by atoms with van der Waals surface area (Å²) in [7, 11) is 1.58. The van der Waals surface area contributed by atoms with Gasteiger partial charge in [0.2, 0.25) is 0 Å². The molecule has 0 radical (unpaired) electrons. The maximum atomic E-state index is 13.0. The molecule has 0 aromatic heterocycles. The van der Waals surface area contributed by atoms with Gasteiger partial charge in [-0.1, -0.05) is 0 Å². The number of nitrogens with one attached hydrogen (secondary N) is 1. The van der Waals surface area contributed by atoms with Crippen molar-refractivity contribution >= 4 is 0 Å². The van der Waals surface area contributed by atoms with Gasteiger partial charge in [0.1, 0.15) is 17.5 Å². The van der Waals surface area contributed by atoms with E-state index in [1.54, 1.807) is 14.0 Å². The second-order valence-corrected chi connectivity index (χ2v) is 2.79. The van der Waals surface area contributed by atoms with Crippen LogP contribution in [0.3, 0.4) is 0 Å². The first-order valence-corrected chi connectivity index (χ1v) is 3.88. The highest BCUT2D eigenvalue weighted by Gasteiger charge is 2.15. The highest BCUT2D eigenvalue weighted by molar-refractivity contribution is 5.23. The Morgan fingerprint density at radius 3 is 2.00 bits per heavy atom. The van der Waals surface area contributed by atoms with E-state index in [2.05, 4.69) is 5.32 Å². The first-order chi connectivity index (χ1) is 6.06. The first kappa shape index (κ1) is 10.1. The third kappa shape index (κ3) is 2.01. The number of benzene rings is 1. The van der Waals surface area contributed by atoms with Crippen LogP contribution in [-0.4, -0.2) is 7.05 Å². The van der Waals surface area contributed by atoms with Gasteiger partial charge in [-0.25, -0.2) is 13.2 Å². The second kappa shape index (κ2) is 3.79. The van der Waals surface area contributed by atoms with Crippen LogP contribution in [0.25, 0.3) is 0 Å². The van der Waals surface area contributed by atoms with E-state index in [4.69, 9.17) is 0 Å². The lowest BCUT2D eigenvalue weighted by molar-refractivity contribution is 0.491. The molecule has 0 bridgehead atoms. The van der Waals surface area contributed by atoms with Gasteiger partial charge in [0.05, 0.1) is 0 Å². The van der Waals surface area contributed by atoms with Gasteiger partial charge in [0, 0.05) is 23.7 Å². The van der Waals surface area contributed by atoms with Crippen molar-refractivity contribution in [3.63, 3.8) is 0 Å². The lowest BCUT2D eigenvalue weighted by Gasteiger charge is -2.12. The van der Waals surface area contributed by atoms with Crippen LogP contribution in [0.2, 0.25) is 0 Å². The maximum Gasteiger partial charge on any atom is 0.133 e. The molecule has 0 spiro atoms. The minimum Gasteiger partial charge on any atom is -0.313 e. The first-order valence-electron chi connectivity index (χ1n) is 3.88. The molecule has 1 rings (SSSR count). The van der Waals surface area contributed by atoms with E-state index in [-0.39, 0.29) is 5.56 Å². The van der Waals surface area contributed by atoms with Crippen LogP contribution in [0.4, 0.5) is 13.2 Å². The van der Waals surface area contributed by atoms with Crippen molar-refractivity contribution in [3.8, 4) is 0 Å². The van der Waals surface area contributed by atoms with Crippen LogP contribution in [0.15, 0.2) is 12.1 Å². The van der Waals surface area contributed by atoms with Crippen LogP contribution in [-0.2, 0) is 0 Å². The fourth-order valence-corrected chi connectivity index (χ4v) is 1.11. The van der Waals surface area contributed by atoms with Gasteiger partial charge in [-0.3, -0.25) is 0 Å². The van der Waals surface area contributed by atoms with E-state index in [0.29, 0.717) is 12.1 Å². The molecule has 0 saturated heterocycles. The Hall–Kier alpha value is -1.03. The van der Waals surface area contributed by atoms with Gasteiger partial charge < -0.3 is 5.32 Å². The van der Waals surface area contributed by atoms with Gasteiger partial charge in [0.15, 0.2) is 0 Å². The highest BCUT2D eigenvalue weighted by Crippen LogP contribution is 2.21. The Bertz CT molecular complexity index is 289. The molecular weight excluding hydrogens is 179 g/mol. The van der Waals surface area contributed by atoms with E-state index in [1.165, 1.54) is 0 Å². The lowest BCUT2D eigenvalue weighted by atomic mass is 10.1. The average Bonchev–Trinajstić information content (AvgIpc) is 2.02. The molecule has 0 saturated carbocycles. The fourth-order valence-electron chi connectivity index (χ4n) is 1.11. The third-order valence-electron chi connectivity index (χ3n) is 1.91. The summed E-state index contributed by atoms with van der Waals surface area (Å²) in [6.45, 7) is 1.60. The summed E-state index contributed by atoms with van der Waals surface area (Å²) in [5.74, 6) is -2.62. The summed E-state index contributed by atoms with van der Waals surface area (Å²) in [6, 6.07) is 0.874. The molecule has 1 N–H and O–H groups in total. The third-order valence-corrected chi connectivity index (χ3v) is 1.91. The van der Waals surface area contributed by atoms with Gasteiger partial charge in [-0.2, -0.15) is 0 Å². The normalized spacial score (nSPS) is 13.0. The molecule has 1 atom stereocenters. The van der Waals surface area contributed by atoms with E-state index < -0.39 is 23.5 Å². The molecule has 13 heavy (non-hydrogen) atoms. The molecule has 1 nitrogen and oxygen atoms in total. The zero-order chi connectivity index (χ0) is 10.0. The minimum atomic E-state index is -0.901. The van der Waals surface area contributed by atoms with Crippen LogP contribution >= 0.6 is 0 Å². The van der Waals surface area contributed by atoms with Crippen molar-refractivity contribution in [3.05, 3.63) is 35.1 Å². The Morgan fingerprint density at radius 2 is 1.62 bits per heavy atom. The Balaban J connectivity index is 3.20. The minimum absolute atomic E-state index is 0.135. The van der Waals surface area contributed by atoms with Crippen LogP contribution < -0.4 is 5.32 Å². The van der Waals surface area contributed by atoms with Gasteiger partial charge in [0.25, 0.3) is 0 Å². The predicted octanol–water partition coefficient (Wildman–Crippen LogP) is 2.38. The fraction of sp³-hybridized carbons (Fsp3) is 0.333. The maximum absolute atomic E-state index is 13.0. The van der Waals surface area contributed by atoms with Crippen molar-refractivity contribution in [2.75, 3.05) is 7.05 Å². The van der Waals surface area contributed by atoms with E-state index in [9.17, 15) is 13.2 Å². The molecule has 1 aromatic rings. The molecule has 0 heterocycles. The molecule has 1 aromatic carbocycles. The SMILES string of the molecule is CN[C@H](C)c1c(F)cc(F)cc1F. The standard InChI is InChI=1S/C9H10F3N/c1-5(13-2)9-7(11)3-6(10)4-8(9)12/h3-5,13H,1-2H3/t5-/m1/s1. The van der Waals surface area contributed by atoms with Gasteiger partial charge >= 0.3 is 0 Å². The zero-order valence-electron chi connectivity index (χ0n) is 7.37. The van der Waals surface area contributed by atoms with E-state index >= 15 is 0 Å². The van der Waals surface area contributed by atoms with Crippen molar-refractivity contribution in [2.45, 2.75) is 13.0 Å². The highest BCUT2D eigenvalue weighted by atomic mass is 19.1. The van der Waals surface area contributed by atoms with Crippen molar-refractivity contribution in [1.82, 2.24) is 5.32 Å². The topological polar surface area (TPSA) is 12.0 Å². The molecule has 0 unspecified atom stereocenters. The summed E-state index contributed by atoms with van der Waals surface area (Å²) in [4.78, 5) is 0. The monoisotopic (exact) mass is 189 g/mol. The predicted molar refractivity (Wildman–Crippen MR) is 43.8 cm³/mol. The Kier molecular flexibility index (Phi) is 2.93. The summed E-state index contributed by atoms with van der Waals surface area (Å²) < 4.78 is 38.5. The summed E-state index contributed by atoms with van der Waals surface area (Å²) in [5.41, 5.74) is -0.135. The van der Waals surface area contributed by atoms with Crippen LogP contribution in [0, 0.1) is 17.5 Å². The second-order valence-electron chi connectivity index (χ2n) is 2.79. The lowest BCUT2D eigenvalue weighted by Crippen LogP contribution is -2.16. The van der Waals surface area contributed by atoms with Crippen molar-refractivity contribution in [1.29, 1.82) is 0 Å². The molecule has 0 aliphatic carbocycles. The molecule has 72 valence electrons. The molecular formula is C9H10F3N. The van der Waals surface area contributed by atoms with E-state index in [0.717, 1.165) is 0 Å². The largest absolute Gasteiger partial charge is 0.313 e. The van der Waals surface area contributed by atoms with Crippen molar-refractivity contribution < 1.29 is 13.2 Å². The number of hydrogen-bond donors (Lipinski definition) is 1. The Morgan fingerprint density at radius 1 is 1.15 bits per heavy atom. The zero-order valence-corrected chi connectivity index (χ0v) is 7.37. The molecule has 0 aliphatic rings. The summed E-state index contributed by atoms with van der Waals surface area (Å²) in [6.07, 6.45) is 0. The van der Waals surface area contributed by atoms with Crippen LogP contribution in [0.1, 0.15) is 18.5 Å². The molecule has 0 fully saturated rings. The number of hydrogen-bond acceptors (Lipinski definition) is 1. The quantitative estimate of drug-likeness (QED) is 0.753. The molecule has 0 amide bonds. The summed E-state index contributed by atoms with van der Waals surface area (Å²) >= 11 is 0. The molecule has 4 heteroatoms. The van der Waals surface area contributed by atoms with Crippen molar-refractivity contribution in [2.24, 2.45) is 0 Å². The van der Waals surface area contributed by atoms with Gasteiger partial charge in [-0.15, -0.1) is 0 Å². The number of halogens is 3. The van der Waals surface area contributed by atoms with Crippen LogP contribution in [0.5, 0.6) is 0 Å². The van der Waals surface area contributed by atoms with E-state index in [1.807, 2.05) is 0 Å². The summed E-state index contributed by atoms with van der Waals surface area (Å²) in [5, 5.41) is 2.68. The smallest absolute Gasteiger partial charge is 0.133 e. The molecule has 0 aliphatic heterocycles. The van der Waals surface area contributed by atoms with Gasteiger partial charge in [-0.05, 0) is 14.0 Å². The number of rotatable bonds is 2. The Labute approximate surface area is 74.6 Å².